The van der Waals surface area contributed by atoms with E-state index in [-0.39, 0.29) is 17.6 Å². The van der Waals surface area contributed by atoms with Gasteiger partial charge in [-0.25, -0.2) is 9.97 Å². The van der Waals surface area contributed by atoms with Crippen molar-refractivity contribution in [3.05, 3.63) is 64.8 Å². The molecule has 1 saturated carbocycles. The summed E-state index contributed by atoms with van der Waals surface area (Å²) in [7, 11) is 0. The molecule has 3 N–H and O–H groups in total. The second kappa shape index (κ2) is 9.32. The first-order valence-electron chi connectivity index (χ1n) is 11.4. The van der Waals surface area contributed by atoms with Crippen molar-refractivity contribution in [2.75, 3.05) is 18.5 Å². The topological polar surface area (TPSA) is 114 Å². The van der Waals surface area contributed by atoms with Crippen LogP contribution in [0.2, 0.25) is 5.02 Å². The summed E-state index contributed by atoms with van der Waals surface area (Å²) in [5.74, 6) is 0.869. The second-order valence-corrected chi connectivity index (χ2v) is 9.44. The van der Waals surface area contributed by atoms with Gasteiger partial charge >= 0.3 is 0 Å². The van der Waals surface area contributed by atoms with E-state index < -0.39 is 11.6 Å². The van der Waals surface area contributed by atoms with E-state index in [9.17, 15) is 9.90 Å². The van der Waals surface area contributed by atoms with E-state index in [0.717, 1.165) is 37.2 Å². The van der Waals surface area contributed by atoms with Gasteiger partial charge in [-0.1, -0.05) is 23.7 Å². The van der Waals surface area contributed by atoms with E-state index >= 15 is 0 Å². The zero-order valence-corrected chi connectivity index (χ0v) is 19.6. The van der Waals surface area contributed by atoms with Crippen molar-refractivity contribution in [1.29, 1.82) is 0 Å². The highest BCUT2D eigenvalue weighted by molar-refractivity contribution is 6.30. The predicted octanol–water partition coefficient (Wildman–Crippen LogP) is 3.00. The van der Waals surface area contributed by atoms with Crippen molar-refractivity contribution in [3.8, 4) is 5.82 Å². The maximum Gasteiger partial charge on any atom is 0.272 e. The van der Waals surface area contributed by atoms with Gasteiger partial charge in [0, 0.05) is 55.1 Å². The van der Waals surface area contributed by atoms with Crippen LogP contribution in [-0.4, -0.2) is 55.9 Å². The molecular formula is C24H27ClN6O3. The molecule has 2 aromatic heterocycles. The number of benzene rings is 1. The first kappa shape index (κ1) is 22.8. The summed E-state index contributed by atoms with van der Waals surface area (Å²) in [4.78, 5) is 26.5. The summed E-state index contributed by atoms with van der Waals surface area (Å²) in [6, 6.07) is 7.63. The number of halogens is 1. The maximum absolute atomic E-state index is 13.1. The van der Waals surface area contributed by atoms with Gasteiger partial charge in [-0.2, -0.15) is 4.98 Å². The number of rotatable bonds is 6. The lowest BCUT2D eigenvalue weighted by molar-refractivity contribution is 0.000889. The van der Waals surface area contributed by atoms with Gasteiger partial charge < -0.3 is 20.5 Å². The number of carbonyl (C=O) groups excluding carboxylic acids is 1. The number of ether oxygens (including phenoxy) is 1. The van der Waals surface area contributed by atoms with Crippen LogP contribution in [0, 0.1) is 6.92 Å². The summed E-state index contributed by atoms with van der Waals surface area (Å²) >= 11 is 6.17. The molecule has 1 saturated heterocycles. The van der Waals surface area contributed by atoms with Crippen molar-refractivity contribution in [1.82, 2.24) is 24.8 Å². The Hall–Kier alpha value is -3.01. The summed E-state index contributed by atoms with van der Waals surface area (Å²) in [5.41, 5.74) is 1.32. The largest absolute Gasteiger partial charge is 0.393 e. The zero-order valence-electron chi connectivity index (χ0n) is 18.9. The van der Waals surface area contributed by atoms with Gasteiger partial charge in [-0.3, -0.25) is 9.36 Å². The SMILES string of the molecule is Cc1cnc(NC2CCOCC2)nc1-n1cnc(C(=O)NC2(c3cccc(Cl)c3)CC(O)C2)c1. The third-order valence-corrected chi connectivity index (χ3v) is 6.69. The molecule has 0 unspecified atom stereocenters. The molecule has 10 heteroatoms. The normalized spacial score (nSPS) is 22.7. The van der Waals surface area contributed by atoms with Gasteiger partial charge in [0.25, 0.3) is 5.91 Å². The molecule has 1 aliphatic carbocycles. The van der Waals surface area contributed by atoms with Crippen LogP contribution in [0.4, 0.5) is 5.95 Å². The minimum Gasteiger partial charge on any atom is -0.393 e. The first-order valence-corrected chi connectivity index (χ1v) is 11.8. The van der Waals surface area contributed by atoms with Gasteiger partial charge in [0.1, 0.15) is 17.8 Å². The lowest BCUT2D eigenvalue weighted by Gasteiger charge is -2.46. The molecule has 2 aliphatic rings. The molecule has 178 valence electrons. The number of amides is 1. The highest BCUT2D eigenvalue weighted by Gasteiger charge is 2.46. The van der Waals surface area contributed by atoms with E-state index in [1.54, 1.807) is 29.4 Å². The van der Waals surface area contributed by atoms with Crippen LogP contribution >= 0.6 is 11.6 Å². The molecule has 0 radical (unpaired) electrons. The smallest absolute Gasteiger partial charge is 0.272 e. The molecule has 34 heavy (non-hydrogen) atoms. The molecule has 9 nitrogen and oxygen atoms in total. The number of hydrogen-bond donors (Lipinski definition) is 3. The summed E-state index contributed by atoms with van der Waals surface area (Å²) in [5, 5.41) is 17.0. The number of aliphatic hydroxyl groups excluding tert-OH is 1. The Labute approximate surface area is 202 Å². The molecule has 5 rings (SSSR count). The fourth-order valence-corrected chi connectivity index (χ4v) is 4.76. The monoisotopic (exact) mass is 482 g/mol. The fraction of sp³-hybridized carbons (Fsp3) is 0.417. The number of aryl methyl sites for hydroxylation is 1. The Morgan fingerprint density at radius 2 is 2.06 bits per heavy atom. The van der Waals surface area contributed by atoms with Gasteiger partial charge in [-0.05, 0) is 37.5 Å². The van der Waals surface area contributed by atoms with Gasteiger partial charge in [0.15, 0.2) is 0 Å². The van der Waals surface area contributed by atoms with E-state index in [0.29, 0.717) is 29.6 Å². The highest BCUT2D eigenvalue weighted by atomic mass is 35.5. The quantitative estimate of drug-likeness (QED) is 0.494. The molecule has 0 bridgehead atoms. The average molecular weight is 483 g/mol. The van der Waals surface area contributed by atoms with Crippen molar-refractivity contribution in [3.63, 3.8) is 0 Å². The van der Waals surface area contributed by atoms with Gasteiger partial charge in [0.05, 0.1) is 11.6 Å². The van der Waals surface area contributed by atoms with Crippen LogP contribution in [0.5, 0.6) is 0 Å². The van der Waals surface area contributed by atoms with Crippen molar-refractivity contribution in [2.24, 2.45) is 0 Å². The Kier molecular flexibility index (Phi) is 6.24. The molecule has 1 aliphatic heterocycles. The molecule has 1 amide bonds. The minimum absolute atomic E-state index is 0.264. The summed E-state index contributed by atoms with van der Waals surface area (Å²) < 4.78 is 7.13. The van der Waals surface area contributed by atoms with Crippen LogP contribution in [0.3, 0.4) is 0 Å². The van der Waals surface area contributed by atoms with E-state index in [2.05, 4.69) is 25.6 Å². The van der Waals surface area contributed by atoms with Crippen LogP contribution < -0.4 is 10.6 Å². The fourth-order valence-electron chi connectivity index (χ4n) is 4.57. The van der Waals surface area contributed by atoms with E-state index in [1.165, 1.54) is 0 Å². The average Bonchev–Trinajstić information content (AvgIpc) is 3.30. The van der Waals surface area contributed by atoms with Crippen molar-refractivity contribution in [2.45, 2.75) is 50.3 Å². The second-order valence-electron chi connectivity index (χ2n) is 9.01. The highest BCUT2D eigenvalue weighted by Crippen LogP contribution is 2.42. The lowest BCUT2D eigenvalue weighted by Crippen LogP contribution is -2.56. The Balaban J connectivity index is 1.34. The Bertz CT molecular complexity index is 1190. The van der Waals surface area contributed by atoms with Crippen LogP contribution in [0.15, 0.2) is 43.0 Å². The summed E-state index contributed by atoms with van der Waals surface area (Å²) in [6.07, 6.45) is 7.18. The standard InChI is InChI=1S/C24H27ClN6O3/c1-15-12-26-23(28-18-5-7-34-8-6-18)29-21(15)31-13-20(27-14-31)22(33)30-24(10-19(32)11-24)16-3-2-4-17(25)9-16/h2-4,9,12-14,18-19,32H,5-8,10-11H2,1H3,(H,30,33)(H,26,28,29). The number of nitrogens with one attached hydrogen (secondary N) is 2. The predicted molar refractivity (Wildman–Crippen MR) is 127 cm³/mol. The molecule has 2 fully saturated rings. The van der Waals surface area contributed by atoms with E-state index in [4.69, 9.17) is 16.3 Å². The molecular weight excluding hydrogens is 456 g/mol. The Morgan fingerprint density at radius 1 is 1.26 bits per heavy atom. The van der Waals surface area contributed by atoms with Gasteiger partial charge in [0.2, 0.25) is 5.95 Å². The third-order valence-electron chi connectivity index (χ3n) is 6.46. The number of anilines is 1. The third kappa shape index (κ3) is 4.64. The molecule has 0 atom stereocenters. The van der Waals surface area contributed by atoms with Crippen LogP contribution in [0.1, 0.15) is 47.3 Å². The van der Waals surface area contributed by atoms with Crippen molar-refractivity contribution < 1.29 is 14.6 Å². The number of aliphatic hydroxyl groups is 1. The zero-order chi connectivity index (χ0) is 23.7. The number of carbonyl (C=O) groups is 1. The van der Waals surface area contributed by atoms with Gasteiger partial charge in [-0.15, -0.1) is 0 Å². The summed E-state index contributed by atoms with van der Waals surface area (Å²) in [6.45, 7) is 3.37. The number of nitrogens with zero attached hydrogens (tertiary/aromatic N) is 4. The first-order chi connectivity index (χ1) is 16.4. The molecule has 3 aromatic rings. The number of aromatic nitrogens is 4. The Morgan fingerprint density at radius 3 is 2.79 bits per heavy atom. The van der Waals surface area contributed by atoms with Crippen molar-refractivity contribution >= 4 is 23.5 Å². The van der Waals surface area contributed by atoms with Crippen LogP contribution in [0.25, 0.3) is 5.82 Å². The lowest BCUT2D eigenvalue weighted by atomic mass is 9.69. The number of imidazole rings is 1. The molecule has 0 spiro atoms. The minimum atomic E-state index is -0.670. The number of hydrogen-bond acceptors (Lipinski definition) is 7. The van der Waals surface area contributed by atoms with Crippen LogP contribution in [-0.2, 0) is 10.3 Å². The van der Waals surface area contributed by atoms with E-state index in [1.807, 2.05) is 25.1 Å². The maximum atomic E-state index is 13.1. The molecule has 1 aromatic carbocycles. The molecule has 3 heterocycles.